The Labute approximate surface area is 77.8 Å². The molecule has 0 aliphatic heterocycles. The zero-order chi connectivity index (χ0) is 9.26. The summed E-state index contributed by atoms with van der Waals surface area (Å²) in [5.74, 6) is 0. The predicted octanol–water partition coefficient (Wildman–Crippen LogP) is 1.94. The first kappa shape index (κ1) is 8.73. The molecule has 2 nitrogen and oxygen atoms in total. The SMILES string of the molecule is O[C@@H]1CCC[C@H](O)c2ccccc21. The van der Waals surface area contributed by atoms with Crippen LogP contribution < -0.4 is 0 Å². The molecule has 1 aliphatic rings. The normalized spacial score (nSPS) is 27.8. The van der Waals surface area contributed by atoms with Gasteiger partial charge >= 0.3 is 0 Å². The van der Waals surface area contributed by atoms with E-state index in [1.54, 1.807) is 0 Å². The fraction of sp³-hybridized carbons (Fsp3) is 0.455. The van der Waals surface area contributed by atoms with Crippen molar-refractivity contribution in [1.29, 1.82) is 0 Å². The molecule has 13 heavy (non-hydrogen) atoms. The van der Waals surface area contributed by atoms with Gasteiger partial charge in [-0.2, -0.15) is 0 Å². The lowest BCUT2D eigenvalue weighted by Crippen LogP contribution is -2.01. The van der Waals surface area contributed by atoms with Crippen LogP contribution in [0.25, 0.3) is 0 Å². The molecular weight excluding hydrogens is 164 g/mol. The van der Waals surface area contributed by atoms with Gasteiger partial charge in [0.05, 0.1) is 12.2 Å². The van der Waals surface area contributed by atoms with Crippen molar-refractivity contribution in [2.45, 2.75) is 31.5 Å². The molecule has 1 aliphatic carbocycles. The summed E-state index contributed by atoms with van der Waals surface area (Å²) in [6, 6.07) is 7.60. The molecule has 0 aromatic heterocycles. The van der Waals surface area contributed by atoms with Gasteiger partial charge in [0.1, 0.15) is 0 Å². The molecular formula is C11H14O2. The summed E-state index contributed by atoms with van der Waals surface area (Å²) in [6.45, 7) is 0. The molecule has 0 fully saturated rings. The summed E-state index contributed by atoms with van der Waals surface area (Å²) in [5.41, 5.74) is 1.79. The molecule has 2 N–H and O–H groups in total. The Morgan fingerprint density at radius 2 is 1.38 bits per heavy atom. The van der Waals surface area contributed by atoms with Crippen molar-refractivity contribution in [3.63, 3.8) is 0 Å². The molecule has 0 saturated carbocycles. The molecule has 0 heterocycles. The van der Waals surface area contributed by atoms with E-state index in [0.717, 1.165) is 30.4 Å². The van der Waals surface area contributed by atoms with Crippen LogP contribution in [0.3, 0.4) is 0 Å². The summed E-state index contributed by atoms with van der Waals surface area (Å²) in [7, 11) is 0. The van der Waals surface area contributed by atoms with Crippen LogP contribution >= 0.6 is 0 Å². The summed E-state index contributed by atoms with van der Waals surface area (Å²) in [4.78, 5) is 0. The van der Waals surface area contributed by atoms with E-state index in [1.807, 2.05) is 24.3 Å². The van der Waals surface area contributed by atoms with Crippen LogP contribution in [0.5, 0.6) is 0 Å². The van der Waals surface area contributed by atoms with E-state index in [2.05, 4.69) is 0 Å². The number of aliphatic hydroxyl groups excluding tert-OH is 2. The zero-order valence-corrected chi connectivity index (χ0v) is 7.48. The van der Waals surface area contributed by atoms with E-state index in [9.17, 15) is 10.2 Å². The van der Waals surface area contributed by atoms with Gasteiger partial charge in [0.15, 0.2) is 0 Å². The molecule has 0 unspecified atom stereocenters. The van der Waals surface area contributed by atoms with Crippen LogP contribution in [-0.4, -0.2) is 10.2 Å². The number of hydrogen-bond donors (Lipinski definition) is 2. The maximum absolute atomic E-state index is 9.75. The van der Waals surface area contributed by atoms with Gasteiger partial charge in [0, 0.05) is 0 Å². The molecule has 1 aromatic rings. The molecule has 0 amide bonds. The van der Waals surface area contributed by atoms with Crippen molar-refractivity contribution in [3.05, 3.63) is 35.4 Å². The van der Waals surface area contributed by atoms with Crippen molar-refractivity contribution < 1.29 is 10.2 Å². The fourth-order valence-corrected chi connectivity index (χ4v) is 1.93. The number of rotatable bonds is 0. The summed E-state index contributed by atoms with van der Waals surface area (Å²) >= 11 is 0. The minimum atomic E-state index is -0.395. The van der Waals surface area contributed by atoms with E-state index >= 15 is 0 Å². The highest BCUT2D eigenvalue weighted by molar-refractivity contribution is 5.31. The first-order valence-corrected chi connectivity index (χ1v) is 4.74. The largest absolute Gasteiger partial charge is 0.388 e. The number of fused-ring (bicyclic) bond motifs is 1. The number of benzene rings is 1. The van der Waals surface area contributed by atoms with Crippen LogP contribution in [-0.2, 0) is 0 Å². The molecule has 0 bridgehead atoms. The van der Waals surface area contributed by atoms with Gasteiger partial charge in [-0.15, -0.1) is 0 Å². The molecule has 70 valence electrons. The van der Waals surface area contributed by atoms with Gasteiger partial charge in [0.2, 0.25) is 0 Å². The van der Waals surface area contributed by atoms with E-state index in [-0.39, 0.29) is 0 Å². The molecule has 0 spiro atoms. The van der Waals surface area contributed by atoms with Gasteiger partial charge in [-0.3, -0.25) is 0 Å². The Morgan fingerprint density at radius 1 is 0.923 bits per heavy atom. The van der Waals surface area contributed by atoms with Crippen molar-refractivity contribution in [3.8, 4) is 0 Å². The first-order chi connectivity index (χ1) is 6.29. The minimum Gasteiger partial charge on any atom is -0.388 e. The lowest BCUT2D eigenvalue weighted by atomic mass is 10.00. The van der Waals surface area contributed by atoms with Gasteiger partial charge in [-0.05, 0) is 30.4 Å². The third-order valence-electron chi connectivity index (χ3n) is 2.67. The van der Waals surface area contributed by atoms with Gasteiger partial charge < -0.3 is 10.2 Å². The van der Waals surface area contributed by atoms with Crippen LogP contribution in [0.15, 0.2) is 24.3 Å². The second-order valence-electron chi connectivity index (χ2n) is 3.59. The molecule has 1 aromatic carbocycles. The topological polar surface area (TPSA) is 40.5 Å². The van der Waals surface area contributed by atoms with Crippen molar-refractivity contribution in [1.82, 2.24) is 0 Å². The molecule has 0 saturated heterocycles. The summed E-state index contributed by atoms with van der Waals surface area (Å²) in [5, 5.41) is 19.5. The number of hydrogen-bond acceptors (Lipinski definition) is 2. The molecule has 2 atom stereocenters. The third kappa shape index (κ3) is 1.60. The fourth-order valence-electron chi connectivity index (χ4n) is 1.93. The smallest absolute Gasteiger partial charge is 0.0793 e. The average molecular weight is 178 g/mol. The predicted molar refractivity (Wildman–Crippen MR) is 50.2 cm³/mol. The second kappa shape index (κ2) is 3.48. The maximum atomic E-state index is 9.75. The first-order valence-electron chi connectivity index (χ1n) is 4.74. The summed E-state index contributed by atoms with van der Waals surface area (Å²) < 4.78 is 0. The van der Waals surface area contributed by atoms with Crippen LogP contribution in [0.1, 0.15) is 42.6 Å². The van der Waals surface area contributed by atoms with Gasteiger partial charge in [-0.25, -0.2) is 0 Å². The maximum Gasteiger partial charge on any atom is 0.0793 e. The third-order valence-corrected chi connectivity index (χ3v) is 2.67. The standard InChI is InChI=1S/C11H14O2/c12-10-6-3-7-11(13)9-5-2-1-4-8(9)10/h1-2,4-5,10-13H,3,6-7H2/t10-,11+. The van der Waals surface area contributed by atoms with Gasteiger partial charge in [0.25, 0.3) is 0 Å². The lowest BCUT2D eigenvalue weighted by Gasteiger charge is -2.13. The Kier molecular flexibility index (Phi) is 2.34. The highest BCUT2D eigenvalue weighted by Gasteiger charge is 2.20. The highest BCUT2D eigenvalue weighted by Crippen LogP contribution is 2.33. The van der Waals surface area contributed by atoms with E-state index in [0.29, 0.717) is 0 Å². The van der Waals surface area contributed by atoms with E-state index in [4.69, 9.17) is 0 Å². The quantitative estimate of drug-likeness (QED) is 0.596. The Balaban J connectivity index is 2.45. The molecule has 0 radical (unpaired) electrons. The Bertz CT molecular complexity index is 267. The van der Waals surface area contributed by atoms with Crippen molar-refractivity contribution in [2.24, 2.45) is 0 Å². The molecule has 2 rings (SSSR count). The number of aliphatic hydroxyl groups is 2. The second-order valence-corrected chi connectivity index (χ2v) is 3.59. The van der Waals surface area contributed by atoms with Crippen molar-refractivity contribution in [2.75, 3.05) is 0 Å². The zero-order valence-electron chi connectivity index (χ0n) is 7.48. The van der Waals surface area contributed by atoms with Gasteiger partial charge in [-0.1, -0.05) is 24.3 Å². The van der Waals surface area contributed by atoms with Crippen LogP contribution in [0.4, 0.5) is 0 Å². The molecule has 2 heteroatoms. The lowest BCUT2D eigenvalue weighted by molar-refractivity contribution is 0.159. The van der Waals surface area contributed by atoms with Crippen LogP contribution in [0.2, 0.25) is 0 Å². The van der Waals surface area contributed by atoms with Crippen molar-refractivity contribution >= 4 is 0 Å². The van der Waals surface area contributed by atoms with E-state index < -0.39 is 12.2 Å². The minimum absolute atomic E-state index is 0.395. The highest BCUT2D eigenvalue weighted by atomic mass is 16.3. The van der Waals surface area contributed by atoms with E-state index in [1.165, 1.54) is 0 Å². The summed E-state index contributed by atoms with van der Waals surface area (Å²) in [6.07, 6.45) is 1.61. The average Bonchev–Trinajstić information content (AvgIpc) is 2.29. The Morgan fingerprint density at radius 3 is 1.85 bits per heavy atom. The Hall–Kier alpha value is -0.860. The monoisotopic (exact) mass is 178 g/mol. The van der Waals surface area contributed by atoms with Crippen LogP contribution in [0, 0.1) is 0 Å².